The molecular formula is C11H17N3. The molecule has 0 amide bonds. The van der Waals surface area contributed by atoms with Crippen molar-refractivity contribution in [3.8, 4) is 0 Å². The van der Waals surface area contributed by atoms with E-state index in [0.717, 1.165) is 6.42 Å². The summed E-state index contributed by atoms with van der Waals surface area (Å²) in [5, 5.41) is 0. The van der Waals surface area contributed by atoms with E-state index in [4.69, 9.17) is 11.5 Å². The molecule has 0 saturated carbocycles. The number of nitrogens with two attached hydrogens (primary N) is 2. The fourth-order valence-electron chi connectivity index (χ4n) is 1.34. The molecule has 3 nitrogen and oxygen atoms in total. The minimum Gasteiger partial charge on any atom is -0.370 e. The minimum atomic E-state index is 0.172. The summed E-state index contributed by atoms with van der Waals surface area (Å²) in [4.78, 5) is 3.96. The second-order valence-electron chi connectivity index (χ2n) is 3.41. The van der Waals surface area contributed by atoms with Crippen LogP contribution in [0.1, 0.15) is 24.8 Å². The molecule has 1 aromatic carbocycles. The summed E-state index contributed by atoms with van der Waals surface area (Å²) in [5.74, 6) is 0.671. The predicted octanol–water partition coefficient (Wildman–Crippen LogP) is 1.45. The van der Waals surface area contributed by atoms with Gasteiger partial charge in [-0.15, -0.1) is 0 Å². The lowest BCUT2D eigenvalue weighted by molar-refractivity contribution is 0.690. The molecule has 0 aromatic heterocycles. The van der Waals surface area contributed by atoms with E-state index in [9.17, 15) is 0 Å². The average Bonchev–Trinajstić information content (AvgIpc) is 2.18. The third-order valence-electron chi connectivity index (χ3n) is 2.23. The van der Waals surface area contributed by atoms with Gasteiger partial charge in [0.1, 0.15) is 0 Å². The highest BCUT2D eigenvalue weighted by Crippen LogP contribution is 2.17. The Kier molecular flexibility index (Phi) is 3.98. The second kappa shape index (κ2) is 5.27. The maximum Gasteiger partial charge on any atom is 0.185 e. The molecule has 0 spiro atoms. The van der Waals surface area contributed by atoms with Gasteiger partial charge in [-0.2, -0.15) is 0 Å². The Morgan fingerprint density at radius 1 is 1.29 bits per heavy atom. The molecule has 1 unspecified atom stereocenters. The fraction of sp³-hybridized carbons (Fsp3) is 0.364. The Labute approximate surface area is 84.8 Å². The Bertz CT molecular complexity index is 289. The van der Waals surface area contributed by atoms with Crippen LogP contribution in [0, 0.1) is 0 Å². The van der Waals surface area contributed by atoms with Gasteiger partial charge >= 0.3 is 0 Å². The van der Waals surface area contributed by atoms with Gasteiger partial charge in [0.25, 0.3) is 0 Å². The number of guanidine groups is 1. The van der Waals surface area contributed by atoms with Crippen molar-refractivity contribution in [1.29, 1.82) is 0 Å². The van der Waals surface area contributed by atoms with Gasteiger partial charge in [0.05, 0.1) is 0 Å². The molecule has 0 bridgehead atoms. The molecule has 1 atom stereocenters. The monoisotopic (exact) mass is 191 g/mol. The first-order valence-electron chi connectivity index (χ1n) is 4.80. The molecule has 0 heterocycles. The highest BCUT2D eigenvalue weighted by molar-refractivity contribution is 5.75. The summed E-state index contributed by atoms with van der Waals surface area (Å²) in [7, 11) is 0. The van der Waals surface area contributed by atoms with E-state index in [1.54, 1.807) is 0 Å². The standard InChI is InChI=1S/C11H17N3/c1-9(7-8-14-11(12)13)10-5-3-2-4-6-10/h2-6,9H,7-8H2,1H3,(H4,12,13,14). The minimum absolute atomic E-state index is 0.172. The maximum atomic E-state index is 5.25. The smallest absolute Gasteiger partial charge is 0.185 e. The Morgan fingerprint density at radius 2 is 1.93 bits per heavy atom. The summed E-state index contributed by atoms with van der Waals surface area (Å²) in [6.07, 6.45) is 0.974. The molecule has 0 radical (unpaired) electrons. The largest absolute Gasteiger partial charge is 0.370 e. The summed E-state index contributed by atoms with van der Waals surface area (Å²) >= 11 is 0. The van der Waals surface area contributed by atoms with Gasteiger partial charge in [0.2, 0.25) is 0 Å². The molecule has 1 rings (SSSR count). The average molecular weight is 191 g/mol. The number of benzene rings is 1. The predicted molar refractivity (Wildman–Crippen MR) is 60.2 cm³/mol. The van der Waals surface area contributed by atoms with Crippen LogP contribution >= 0.6 is 0 Å². The van der Waals surface area contributed by atoms with Crippen molar-refractivity contribution < 1.29 is 0 Å². The lowest BCUT2D eigenvalue weighted by atomic mass is 9.98. The SMILES string of the molecule is CC(CCN=C(N)N)c1ccccc1. The molecule has 0 saturated heterocycles. The molecule has 0 fully saturated rings. The van der Waals surface area contributed by atoms with Crippen molar-refractivity contribution in [1.82, 2.24) is 0 Å². The first-order chi connectivity index (χ1) is 6.70. The van der Waals surface area contributed by atoms with Crippen molar-refractivity contribution in [3.63, 3.8) is 0 Å². The number of rotatable bonds is 4. The van der Waals surface area contributed by atoms with Gasteiger partial charge < -0.3 is 11.5 Å². The van der Waals surface area contributed by atoms with Crippen LogP contribution in [0.4, 0.5) is 0 Å². The summed E-state index contributed by atoms with van der Waals surface area (Å²) in [6, 6.07) is 10.4. The summed E-state index contributed by atoms with van der Waals surface area (Å²) in [5.41, 5.74) is 11.8. The summed E-state index contributed by atoms with van der Waals surface area (Å²) < 4.78 is 0. The third kappa shape index (κ3) is 3.47. The first kappa shape index (κ1) is 10.6. The summed E-state index contributed by atoms with van der Waals surface area (Å²) in [6.45, 7) is 2.87. The van der Waals surface area contributed by atoms with Gasteiger partial charge in [0.15, 0.2) is 5.96 Å². The maximum absolute atomic E-state index is 5.25. The van der Waals surface area contributed by atoms with E-state index in [2.05, 4.69) is 24.0 Å². The van der Waals surface area contributed by atoms with Crippen LogP contribution in [0.5, 0.6) is 0 Å². The highest BCUT2D eigenvalue weighted by Gasteiger charge is 2.03. The van der Waals surface area contributed by atoms with Crippen LogP contribution in [-0.2, 0) is 0 Å². The molecule has 0 aliphatic heterocycles. The quantitative estimate of drug-likeness (QED) is 0.559. The topological polar surface area (TPSA) is 64.4 Å². The third-order valence-corrected chi connectivity index (χ3v) is 2.23. The zero-order valence-electron chi connectivity index (χ0n) is 8.48. The van der Waals surface area contributed by atoms with E-state index < -0.39 is 0 Å². The van der Waals surface area contributed by atoms with Crippen LogP contribution in [0.15, 0.2) is 35.3 Å². The molecule has 0 aliphatic rings. The second-order valence-corrected chi connectivity index (χ2v) is 3.41. The Balaban J connectivity index is 2.43. The van der Waals surface area contributed by atoms with Crippen molar-refractivity contribution in [2.24, 2.45) is 16.5 Å². The molecular weight excluding hydrogens is 174 g/mol. The van der Waals surface area contributed by atoms with Gasteiger partial charge in [-0.25, -0.2) is 0 Å². The van der Waals surface area contributed by atoms with Crippen LogP contribution in [-0.4, -0.2) is 12.5 Å². The van der Waals surface area contributed by atoms with E-state index in [0.29, 0.717) is 12.5 Å². The van der Waals surface area contributed by atoms with Crippen LogP contribution in [0.25, 0.3) is 0 Å². The Hall–Kier alpha value is -1.51. The lowest BCUT2D eigenvalue weighted by Gasteiger charge is -2.09. The molecule has 4 N–H and O–H groups in total. The Morgan fingerprint density at radius 3 is 2.50 bits per heavy atom. The molecule has 76 valence electrons. The first-order valence-corrected chi connectivity index (χ1v) is 4.80. The number of hydrogen-bond donors (Lipinski definition) is 2. The van der Waals surface area contributed by atoms with Crippen molar-refractivity contribution in [3.05, 3.63) is 35.9 Å². The van der Waals surface area contributed by atoms with E-state index in [1.165, 1.54) is 5.56 Å². The number of aliphatic imine (C=N–C) groups is 1. The van der Waals surface area contributed by atoms with Crippen LogP contribution < -0.4 is 11.5 Å². The number of hydrogen-bond acceptors (Lipinski definition) is 1. The van der Waals surface area contributed by atoms with Gasteiger partial charge in [0, 0.05) is 6.54 Å². The molecule has 3 heteroatoms. The van der Waals surface area contributed by atoms with Crippen molar-refractivity contribution in [2.75, 3.05) is 6.54 Å². The fourth-order valence-corrected chi connectivity index (χ4v) is 1.34. The molecule has 0 aliphatic carbocycles. The zero-order chi connectivity index (χ0) is 10.4. The van der Waals surface area contributed by atoms with Gasteiger partial charge in [-0.1, -0.05) is 37.3 Å². The van der Waals surface area contributed by atoms with E-state index in [1.807, 2.05) is 18.2 Å². The molecule has 1 aromatic rings. The highest BCUT2D eigenvalue weighted by atomic mass is 15.0. The van der Waals surface area contributed by atoms with Crippen molar-refractivity contribution in [2.45, 2.75) is 19.3 Å². The van der Waals surface area contributed by atoms with E-state index >= 15 is 0 Å². The zero-order valence-corrected chi connectivity index (χ0v) is 8.48. The van der Waals surface area contributed by atoms with Gasteiger partial charge in [-0.05, 0) is 17.9 Å². The van der Waals surface area contributed by atoms with Crippen LogP contribution in [0.3, 0.4) is 0 Å². The molecule has 14 heavy (non-hydrogen) atoms. The normalized spacial score (nSPS) is 12.1. The van der Waals surface area contributed by atoms with Crippen LogP contribution in [0.2, 0.25) is 0 Å². The lowest BCUT2D eigenvalue weighted by Crippen LogP contribution is -2.23. The number of nitrogens with zero attached hydrogens (tertiary/aromatic N) is 1. The van der Waals surface area contributed by atoms with Crippen molar-refractivity contribution >= 4 is 5.96 Å². The van der Waals surface area contributed by atoms with E-state index in [-0.39, 0.29) is 5.96 Å². The van der Waals surface area contributed by atoms with Gasteiger partial charge in [-0.3, -0.25) is 4.99 Å².